The summed E-state index contributed by atoms with van der Waals surface area (Å²) in [6.07, 6.45) is 0. The molecule has 0 amide bonds. The normalized spacial score (nSPS) is 15.6. The van der Waals surface area contributed by atoms with Crippen LogP contribution in [0.25, 0.3) is 11.1 Å². The van der Waals surface area contributed by atoms with Crippen LogP contribution in [0.4, 0.5) is 5.69 Å². The number of hydrogen-bond acceptors (Lipinski definition) is 4. The lowest BCUT2D eigenvalue weighted by Crippen LogP contribution is -2.24. The predicted molar refractivity (Wildman–Crippen MR) is 123 cm³/mol. The first kappa shape index (κ1) is 18.9. The zero-order valence-electron chi connectivity index (χ0n) is 17.4. The third-order valence-electron chi connectivity index (χ3n) is 5.86. The quantitative estimate of drug-likeness (QED) is 0.411. The Hall–Kier alpha value is -3.05. The molecular formula is C25H25N3OS. The monoisotopic (exact) mass is 415 g/mol. The van der Waals surface area contributed by atoms with Crippen molar-refractivity contribution in [2.24, 2.45) is 0 Å². The van der Waals surface area contributed by atoms with Gasteiger partial charge in [-0.15, -0.1) is 0 Å². The minimum atomic E-state index is 0.0688. The first-order valence-electron chi connectivity index (χ1n) is 10.3. The van der Waals surface area contributed by atoms with Crippen LogP contribution in [0, 0.1) is 0 Å². The molecule has 1 atom stereocenters. The summed E-state index contributed by atoms with van der Waals surface area (Å²) in [6, 6.07) is 19.4. The minimum Gasteiger partial charge on any atom is -0.496 e. The first-order chi connectivity index (χ1) is 14.7. The van der Waals surface area contributed by atoms with Crippen molar-refractivity contribution in [1.82, 2.24) is 10.2 Å². The van der Waals surface area contributed by atoms with E-state index < -0.39 is 0 Å². The zero-order chi connectivity index (χ0) is 20.7. The molecule has 0 radical (unpaired) electrons. The lowest BCUT2D eigenvalue weighted by Gasteiger charge is -2.29. The van der Waals surface area contributed by atoms with Crippen LogP contribution >= 0.6 is 11.3 Å². The molecule has 152 valence electrons. The van der Waals surface area contributed by atoms with E-state index in [9.17, 15) is 0 Å². The highest BCUT2D eigenvalue weighted by Gasteiger charge is 2.38. The fraction of sp³-hybridized carbons (Fsp3) is 0.240. The van der Waals surface area contributed by atoms with Gasteiger partial charge in [0.1, 0.15) is 5.75 Å². The van der Waals surface area contributed by atoms with E-state index in [2.05, 4.69) is 82.2 Å². The number of benzene rings is 2. The van der Waals surface area contributed by atoms with Crippen LogP contribution in [0.15, 0.2) is 65.4 Å². The van der Waals surface area contributed by atoms with Gasteiger partial charge in [0, 0.05) is 16.8 Å². The fourth-order valence-electron chi connectivity index (χ4n) is 4.42. The van der Waals surface area contributed by atoms with Gasteiger partial charge >= 0.3 is 0 Å². The van der Waals surface area contributed by atoms with Crippen molar-refractivity contribution < 1.29 is 4.74 Å². The number of nitrogens with zero attached hydrogens (tertiary/aromatic N) is 2. The van der Waals surface area contributed by atoms with Crippen molar-refractivity contribution in [2.75, 3.05) is 12.0 Å². The molecule has 0 spiro atoms. The van der Waals surface area contributed by atoms with Crippen LogP contribution in [0.3, 0.4) is 0 Å². The number of aromatic amines is 1. The number of methoxy groups -OCH3 is 1. The SMILES string of the molecule is COc1ccccc1C1c2c(C(C)C)n[nH]c2CN1c1ccc(-c2ccsc2)cc1. The van der Waals surface area contributed by atoms with E-state index in [-0.39, 0.29) is 6.04 Å². The van der Waals surface area contributed by atoms with Gasteiger partial charge in [-0.2, -0.15) is 16.4 Å². The Morgan fingerprint density at radius 1 is 1.07 bits per heavy atom. The molecule has 1 N–H and O–H groups in total. The van der Waals surface area contributed by atoms with Crippen LogP contribution in [0.2, 0.25) is 0 Å². The maximum atomic E-state index is 5.75. The second-order valence-electron chi connectivity index (χ2n) is 7.99. The molecule has 5 heteroatoms. The highest BCUT2D eigenvalue weighted by Crippen LogP contribution is 2.46. The lowest BCUT2D eigenvalue weighted by molar-refractivity contribution is 0.407. The second-order valence-corrected chi connectivity index (χ2v) is 8.77. The van der Waals surface area contributed by atoms with Gasteiger partial charge in [0.25, 0.3) is 0 Å². The van der Waals surface area contributed by atoms with Crippen molar-refractivity contribution in [2.45, 2.75) is 32.4 Å². The maximum Gasteiger partial charge on any atom is 0.124 e. The van der Waals surface area contributed by atoms with Crippen LogP contribution in [0.1, 0.15) is 48.3 Å². The molecule has 4 nitrogen and oxygen atoms in total. The summed E-state index contributed by atoms with van der Waals surface area (Å²) in [5.41, 5.74) is 8.50. The molecule has 0 fully saturated rings. The van der Waals surface area contributed by atoms with Crippen molar-refractivity contribution >= 4 is 17.0 Å². The summed E-state index contributed by atoms with van der Waals surface area (Å²) in [5.74, 6) is 1.26. The number of H-pyrrole nitrogens is 1. The van der Waals surface area contributed by atoms with Gasteiger partial charge in [0.05, 0.1) is 31.1 Å². The summed E-state index contributed by atoms with van der Waals surface area (Å²) in [5, 5.41) is 12.3. The Bertz CT molecular complexity index is 1150. The van der Waals surface area contributed by atoms with E-state index in [1.807, 2.05) is 12.1 Å². The van der Waals surface area contributed by atoms with E-state index >= 15 is 0 Å². The summed E-state index contributed by atoms with van der Waals surface area (Å²) >= 11 is 1.73. The second kappa shape index (κ2) is 7.65. The summed E-state index contributed by atoms with van der Waals surface area (Å²) in [7, 11) is 1.74. The Labute approximate surface area is 181 Å². The highest BCUT2D eigenvalue weighted by atomic mass is 32.1. The number of para-hydroxylation sites is 1. The van der Waals surface area contributed by atoms with Gasteiger partial charge in [0.15, 0.2) is 0 Å². The topological polar surface area (TPSA) is 41.1 Å². The highest BCUT2D eigenvalue weighted by molar-refractivity contribution is 7.08. The van der Waals surface area contributed by atoms with Gasteiger partial charge in [-0.25, -0.2) is 0 Å². The molecule has 5 rings (SSSR count). The molecule has 30 heavy (non-hydrogen) atoms. The van der Waals surface area contributed by atoms with Gasteiger partial charge in [0.2, 0.25) is 0 Å². The number of fused-ring (bicyclic) bond motifs is 1. The number of nitrogens with one attached hydrogen (secondary N) is 1. The minimum absolute atomic E-state index is 0.0688. The average Bonchev–Trinajstić information content (AvgIpc) is 3.50. The maximum absolute atomic E-state index is 5.75. The Balaban J connectivity index is 1.61. The molecule has 1 aliphatic rings. The van der Waals surface area contributed by atoms with E-state index in [1.165, 1.54) is 33.6 Å². The van der Waals surface area contributed by atoms with Crippen molar-refractivity contribution in [3.8, 4) is 16.9 Å². The number of thiophene rings is 1. The van der Waals surface area contributed by atoms with Gasteiger partial charge < -0.3 is 9.64 Å². The summed E-state index contributed by atoms with van der Waals surface area (Å²) in [4.78, 5) is 2.45. The molecule has 0 aliphatic carbocycles. The number of ether oxygens (including phenoxy) is 1. The van der Waals surface area contributed by atoms with Gasteiger partial charge in [-0.1, -0.05) is 44.2 Å². The first-order valence-corrected chi connectivity index (χ1v) is 11.2. The molecule has 1 unspecified atom stereocenters. The van der Waals surface area contributed by atoms with E-state index in [0.29, 0.717) is 5.92 Å². The van der Waals surface area contributed by atoms with Crippen molar-refractivity contribution in [3.05, 3.63) is 87.9 Å². The summed E-state index contributed by atoms with van der Waals surface area (Å²) in [6.45, 7) is 5.21. The van der Waals surface area contributed by atoms with Crippen LogP contribution < -0.4 is 9.64 Å². The van der Waals surface area contributed by atoms with Crippen molar-refractivity contribution in [1.29, 1.82) is 0 Å². The van der Waals surface area contributed by atoms with Crippen LogP contribution in [0.5, 0.6) is 5.75 Å². The molecule has 0 bridgehead atoms. The third-order valence-corrected chi connectivity index (χ3v) is 6.54. The Morgan fingerprint density at radius 3 is 2.57 bits per heavy atom. The van der Waals surface area contributed by atoms with Gasteiger partial charge in [-0.3, -0.25) is 5.10 Å². The molecule has 2 aromatic heterocycles. The average molecular weight is 416 g/mol. The zero-order valence-corrected chi connectivity index (χ0v) is 18.2. The van der Waals surface area contributed by atoms with E-state index in [4.69, 9.17) is 4.74 Å². The number of rotatable bonds is 5. The van der Waals surface area contributed by atoms with Gasteiger partial charge in [-0.05, 0) is 52.1 Å². The molecule has 1 aliphatic heterocycles. The third kappa shape index (κ3) is 3.10. The standard InChI is InChI=1S/C25H25N3OS/c1-16(2)24-23-21(26-27-24)14-28(25(23)20-6-4-5-7-22(20)29-3)19-10-8-17(9-11-19)18-12-13-30-15-18/h4-13,15-16,25H,14H2,1-3H3,(H,26,27). The van der Waals surface area contributed by atoms with E-state index in [0.717, 1.165) is 18.0 Å². The molecule has 3 heterocycles. The van der Waals surface area contributed by atoms with Crippen LogP contribution in [-0.4, -0.2) is 17.3 Å². The molecule has 0 saturated heterocycles. The van der Waals surface area contributed by atoms with E-state index in [1.54, 1.807) is 18.4 Å². The smallest absolute Gasteiger partial charge is 0.124 e. The number of hydrogen-bond donors (Lipinski definition) is 1. The predicted octanol–water partition coefficient (Wildman–Crippen LogP) is 6.38. The number of anilines is 1. The molecular weight excluding hydrogens is 390 g/mol. The van der Waals surface area contributed by atoms with Crippen molar-refractivity contribution in [3.63, 3.8) is 0 Å². The number of aromatic nitrogens is 2. The fourth-order valence-corrected chi connectivity index (χ4v) is 5.08. The Morgan fingerprint density at radius 2 is 1.87 bits per heavy atom. The lowest BCUT2D eigenvalue weighted by atomic mass is 9.94. The summed E-state index contributed by atoms with van der Waals surface area (Å²) < 4.78 is 5.75. The molecule has 4 aromatic rings. The molecule has 2 aromatic carbocycles. The molecule has 0 saturated carbocycles. The largest absolute Gasteiger partial charge is 0.496 e. The van der Waals surface area contributed by atoms with Crippen LogP contribution in [-0.2, 0) is 6.54 Å². The Kier molecular flexibility index (Phi) is 4.83.